The van der Waals surface area contributed by atoms with Gasteiger partial charge in [0.2, 0.25) is 5.91 Å². The lowest BCUT2D eigenvalue weighted by molar-refractivity contribution is -0.131. The lowest BCUT2D eigenvalue weighted by Gasteiger charge is -2.28. The Morgan fingerprint density at radius 3 is 1.90 bits per heavy atom. The highest BCUT2D eigenvalue weighted by atomic mass is 16.2. The average molecular weight is 383 g/mol. The monoisotopic (exact) mass is 382 g/mol. The van der Waals surface area contributed by atoms with Crippen LogP contribution in [0.3, 0.4) is 0 Å². The van der Waals surface area contributed by atoms with Crippen molar-refractivity contribution in [1.29, 1.82) is 0 Å². The Morgan fingerprint density at radius 2 is 1.31 bits per heavy atom. The highest BCUT2D eigenvalue weighted by Gasteiger charge is 2.27. The van der Waals surface area contributed by atoms with Gasteiger partial charge < -0.3 is 0 Å². The van der Waals surface area contributed by atoms with Crippen molar-refractivity contribution in [1.82, 2.24) is 5.01 Å². The zero-order valence-electron chi connectivity index (χ0n) is 16.6. The Hall–Kier alpha value is -3.20. The predicted molar refractivity (Wildman–Crippen MR) is 118 cm³/mol. The van der Waals surface area contributed by atoms with Gasteiger partial charge in [-0.3, -0.25) is 4.79 Å². The zero-order chi connectivity index (χ0) is 19.9. The molecule has 4 rings (SSSR count). The van der Waals surface area contributed by atoms with Gasteiger partial charge in [-0.25, -0.2) is 5.01 Å². The molecule has 0 spiro atoms. The molecule has 0 atom stereocenters. The summed E-state index contributed by atoms with van der Waals surface area (Å²) in [6.07, 6.45) is 3.10. The van der Waals surface area contributed by atoms with Gasteiger partial charge in [0, 0.05) is 18.9 Å². The number of aryl methyl sites for hydroxylation is 1. The third kappa shape index (κ3) is 4.80. The number of hydrazone groups is 1. The number of hydrogen-bond donors (Lipinski definition) is 0. The van der Waals surface area contributed by atoms with E-state index in [0.717, 1.165) is 18.6 Å². The van der Waals surface area contributed by atoms with Crippen LogP contribution in [0.1, 0.15) is 41.9 Å². The fourth-order valence-corrected chi connectivity index (χ4v) is 3.95. The molecule has 3 nitrogen and oxygen atoms in total. The summed E-state index contributed by atoms with van der Waals surface area (Å²) in [7, 11) is 0. The van der Waals surface area contributed by atoms with E-state index in [4.69, 9.17) is 5.10 Å². The number of nitrogens with zero attached hydrogens (tertiary/aromatic N) is 2. The number of rotatable bonds is 7. The summed E-state index contributed by atoms with van der Waals surface area (Å²) in [6, 6.07) is 31.3. The molecule has 0 bridgehead atoms. The highest BCUT2D eigenvalue weighted by molar-refractivity contribution is 5.98. The molecule has 0 aromatic heterocycles. The summed E-state index contributed by atoms with van der Waals surface area (Å²) < 4.78 is 0. The van der Waals surface area contributed by atoms with Crippen LogP contribution in [0.4, 0.5) is 0 Å². The maximum absolute atomic E-state index is 12.5. The molecule has 3 aromatic rings. The van der Waals surface area contributed by atoms with Crippen molar-refractivity contribution in [2.75, 3.05) is 6.54 Å². The van der Waals surface area contributed by atoms with Gasteiger partial charge >= 0.3 is 0 Å². The first-order valence-electron chi connectivity index (χ1n) is 10.3. The predicted octanol–water partition coefficient (Wildman–Crippen LogP) is 5.43. The van der Waals surface area contributed by atoms with Crippen molar-refractivity contribution in [2.45, 2.75) is 31.6 Å². The molecule has 3 aromatic carbocycles. The number of hydrogen-bond acceptors (Lipinski definition) is 2. The minimum absolute atomic E-state index is 0.0853. The maximum atomic E-state index is 12.5. The van der Waals surface area contributed by atoms with Gasteiger partial charge in [0.1, 0.15) is 0 Å². The molecule has 146 valence electrons. The standard InChI is InChI=1S/C26H26N2O/c29-25-19-18-24(27-28(25)20-10-13-21-11-4-1-5-12-21)26(22-14-6-2-7-15-22)23-16-8-3-9-17-23/h1-9,11-12,14-17,26H,10,13,18-20H2. The third-order valence-electron chi connectivity index (χ3n) is 5.41. The van der Waals surface area contributed by atoms with Crippen LogP contribution in [0.25, 0.3) is 0 Å². The van der Waals surface area contributed by atoms with E-state index in [1.54, 1.807) is 5.01 Å². The first kappa shape index (κ1) is 19.1. The molecule has 0 radical (unpaired) electrons. The second kappa shape index (κ2) is 9.33. The summed E-state index contributed by atoms with van der Waals surface area (Å²) >= 11 is 0. The Bertz CT molecular complexity index is 912. The van der Waals surface area contributed by atoms with E-state index in [0.29, 0.717) is 19.4 Å². The zero-order valence-corrected chi connectivity index (χ0v) is 16.6. The summed E-state index contributed by atoms with van der Waals surface area (Å²) in [4.78, 5) is 12.5. The number of carbonyl (C=O) groups excluding carboxylic acids is 1. The largest absolute Gasteiger partial charge is 0.273 e. The van der Waals surface area contributed by atoms with Gasteiger partial charge in [0.05, 0.1) is 5.71 Å². The Balaban J connectivity index is 1.55. The molecule has 0 fully saturated rings. The van der Waals surface area contributed by atoms with Crippen LogP contribution in [0, 0.1) is 0 Å². The summed E-state index contributed by atoms with van der Waals surface area (Å²) in [5, 5.41) is 6.54. The minimum Gasteiger partial charge on any atom is -0.273 e. The fraction of sp³-hybridized carbons (Fsp3) is 0.231. The summed E-state index contributed by atoms with van der Waals surface area (Å²) in [5.74, 6) is 0.212. The van der Waals surface area contributed by atoms with E-state index in [-0.39, 0.29) is 11.8 Å². The van der Waals surface area contributed by atoms with Gasteiger partial charge in [0.25, 0.3) is 0 Å². The third-order valence-corrected chi connectivity index (χ3v) is 5.41. The SMILES string of the molecule is O=C1CCC(C(c2ccccc2)c2ccccc2)=NN1CCCc1ccccc1. The van der Waals surface area contributed by atoms with E-state index in [1.165, 1.54) is 16.7 Å². The van der Waals surface area contributed by atoms with Gasteiger partial charge in [-0.15, -0.1) is 0 Å². The number of benzene rings is 3. The van der Waals surface area contributed by atoms with Crippen molar-refractivity contribution in [3.05, 3.63) is 108 Å². The van der Waals surface area contributed by atoms with Gasteiger partial charge in [-0.1, -0.05) is 91.0 Å². The van der Waals surface area contributed by atoms with Gasteiger partial charge in [0.15, 0.2) is 0 Å². The smallest absolute Gasteiger partial charge is 0.243 e. The molecular formula is C26H26N2O. The Kier molecular flexibility index (Phi) is 6.16. The van der Waals surface area contributed by atoms with Crippen molar-refractivity contribution in [3.8, 4) is 0 Å². The van der Waals surface area contributed by atoms with E-state index in [1.807, 2.05) is 18.2 Å². The molecule has 3 heteroatoms. The van der Waals surface area contributed by atoms with Crippen molar-refractivity contribution in [3.63, 3.8) is 0 Å². The number of carbonyl (C=O) groups is 1. The fourth-order valence-electron chi connectivity index (χ4n) is 3.95. The molecule has 0 saturated heterocycles. The van der Waals surface area contributed by atoms with Gasteiger partial charge in [-0.05, 0) is 36.0 Å². The normalized spacial score (nSPS) is 14.2. The van der Waals surface area contributed by atoms with Crippen LogP contribution in [0.2, 0.25) is 0 Å². The lowest BCUT2D eigenvalue weighted by atomic mass is 9.85. The van der Waals surface area contributed by atoms with Crippen LogP contribution >= 0.6 is 0 Å². The lowest BCUT2D eigenvalue weighted by Crippen LogP contribution is -2.34. The topological polar surface area (TPSA) is 32.7 Å². The molecule has 0 unspecified atom stereocenters. The van der Waals surface area contributed by atoms with Crippen molar-refractivity contribution < 1.29 is 4.79 Å². The summed E-state index contributed by atoms with van der Waals surface area (Å²) in [6.45, 7) is 0.660. The molecule has 1 heterocycles. The molecular weight excluding hydrogens is 356 g/mol. The van der Waals surface area contributed by atoms with Crippen molar-refractivity contribution in [2.24, 2.45) is 5.10 Å². The molecule has 1 aliphatic rings. The van der Waals surface area contributed by atoms with E-state index in [2.05, 4.69) is 72.8 Å². The van der Waals surface area contributed by atoms with Crippen LogP contribution in [-0.2, 0) is 11.2 Å². The molecule has 1 amide bonds. The maximum Gasteiger partial charge on any atom is 0.243 e. The average Bonchev–Trinajstić information content (AvgIpc) is 2.78. The van der Waals surface area contributed by atoms with Crippen LogP contribution in [0.15, 0.2) is 96.1 Å². The molecule has 29 heavy (non-hydrogen) atoms. The molecule has 0 saturated carbocycles. The van der Waals surface area contributed by atoms with Gasteiger partial charge in [-0.2, -0.15) is 5.10 Å². The highest BCUT2D eigenvalue weighted by Crippen LogP contribution is 2.30. The number of amides is 1. The summed E-state index contributed by atoms with van der Waals surface area (Å²) in [5.41, 5.74) is 4.81. The second-order valence-corrected chi connectivity index (χ2v) is 7.45. The van der Waals surface area contributed by atoms with Crippen LogP contribution in [0.5, 0.6) is 0 Å². The molecule has 1 aliphatic heterocycles. The Morgan fingerprint density at radius 1 is 0.759 bits per heavy atom. The first-order chi connectivity index (χ1) is 14.3. The minimum atomic E-state index is 0.0853. The quantitative estimate of drug-likeness (QED) is 0.536. The van der Waals surface area contributed by atoms with E-state index < -0.39 is 0 Å². The molecule has 0 N–H and O–H groups in total. The van der Waals surface area contributed by atoms with Crippen LogP contribution in [-0.4, -0.2) is 23.2 Å². The van der Waals surface area contributed by atoms with E-state index >= 15 is 0 Å². The second-order valence-electron chi connectivity index (χ2n) is 7.45. The Labute approximate surface area is 172 Å². The molecule has 0 aliphatic carbocycles. The van der Waals surface area contributed by atoms with Crippen LogP contribution < -0.4 is 0 Å². The van der Waals surface area contributed by atoms with E-state index in [9.17, 15) is 4.79 Å². The first-order valence-corrected chi connectivity index (χ1v) is 10.3. The van der Waals surface area contributed by atoms with Crippen molar-refractivity contribution >= 4 is 11.6 Å².